The van der Waals surface area contributed by atoms with E-state index in [1.807, 2.05) is 0 Å². The summed E-state index contributed by atoms with van der Waals surface area (Å²) in [4.78, 5) is 0. The highest BCUT2D eigenvalue weighted by Gasteiger charge is 2.39. The van der Waals surface area contributed by atoms with Gasteiger partial charge >= 0.3 is 0 Å². The number of benzene rings is 2. The van der Waals surface area contributed by atoms with Crippen LogP contribution in [0.4, 0.5) is 0 Å². The predicted molar refractivity (Wildman–Crippen MR) is 141 cm³/mol. The minimum Gasteiger partial charge on any atom is -0.508 e. The molecule has 34 heavy (non-hydrogen) atoms. The van der Waals surface area contributed by atoms with E-state index in [-0.39, 0.29) is 5.41 Å². The molecule has 184 valence electrons. The molecule has 2 aromatic rings. The van der Waals surface area contributed by atoms with E-state index < -0.39 is 0 Å². The van der Waals surface area contributed by atoms with Gasteiger partial charge in [-0.2, -0.15) is 0 Å². The van der Waals surface area contributed by atoms with Crippen LogP contribution in [0.5, 0.6) is 11.5 Å². The molecule has 0 heterocycles. The molecule has 0 aromatic heterocycles. The third-order valence-electron chi connectivity index (χ3n) is 9.58. The highest BCUT2D eigenvalue weighted by Crippen LogP contribution is 2.51. The zero-order valence-corrected chi connectivity index (χ0v) is 21.5. The molecule has 3 aliphatic rings. The molecule has 0 amide bonds. The molecule has 0 radical (unpaired) electrons. The summed E-state index contributed by atoms with van der Waals surface area (Å²) >= 11 is 0. The lowest BCUT2D eigenvalue weighted by Crippen LogP contribution is -2.33. The quantitative estimate of drug-likeness (QED) is 0.477. The number of hydrogen-bond acceptors (Lipinski definition) is 2. The lowest BCUT2D eigenvalue weighted by atomic mass is 9.62. The van der Waals surface area contributed by atoms with Gasteiger partial charge in [0.05, 0.1) is 0 Å². The van der Waals surface area contributed by atoms with Crippen LogP contribution >= 0.6 is 0 Å². The van der Waals surface area contributed by atoms with Crippen molar-refractivity contribution in [2.75, 3.05) is 0 Å². The maximum Gasteiger partial charge on any atom is 0.119 e. The van der Waals surface area contributed by atoms with E-state index in [2.05, 4.69) is 38.1 Å². The lowest BCUT2D eigenvalue weighted by Gasteiger charge is -2.42. The molecule has 2 nitrogen and oxygen atoms in total. The summed E-state index contributed by atoms with van der Waals surface area (Å²) in [6.07, 6.45) is 18.7. The first kappa shape index (κ1) is 23.8. The van der Waals surface area contributed by atoms with Crippen molar-refractivity contribution in [1.82, 2.24) is 0 Å². The van der Waals surface area contributed by atoms with Crippen LogP contribution in [0.15, 0.2) is 24.3 Å². The maximum atomic E-state index is 11.0. The van der Waals surface area contributed by atoms with Gasteiger partial charge in [0.25, 0.3) is 0 Å². The first-order valence-electron chi connectivity index (χ1n) is 14.2. The third kappa shape index (κ3) is 4.38. The number of aryl methyl sites for hydroxylation is 2. The van der Waals surface area contributed by atoms with Crippen LogP contribution in [0.25, 0.3) is 0 Å². The second kappa shape index (κ2) is 9.96. The lowest BCUT2D eigenvalue weighted by molar-refractivity contribution is 0.340. The Morgan fingerprint density at radius 1 is 0.559 bits per heavy atom. The molecule has 0 unspecified atom stereocenters. The van der Waals surface area contributed by atoms with Gasteiger partial charge in [-0.1, -0.05) is 69.9 Å². The normalized spacial score (nSPS) is 22.1. The van der Waals surface area contributed by atoms with E-state index in [1.54, 1.807) is 0 Å². The standard InChI is InChI=1S/C32H44O2/c1-22-18-30(33)26(24-12-6-3-7-13-24)20-28(22)32(16-10-5-11-17-32)29-21-27(31(34)19-23(29)2)25-14-8-4-9-15-25/h18-21,24-25,33-34H,3-17H2,1-2H3. The van der Waals surface area contributed by atoms with Crippen molar-refractivity contribution < 1.29 is 10.2 Å². The SMILES string of the molecule is Cc1cc(O)c(C2CCCCC2)cc1C1(c2cc(C3CCCCC3)c(O)cc2C)CCCCC1. The molecule has 3 aliphatic carbocycles. The van der Waals surface area contributed by atoms with Crippen LogP contribution in [0.2, 0.25) is 0 Å². The van der Waals surface area contributed by atoms with Crippen molar-refractivity contribution in [3.05, 3.63) is 57.6 Å². The monoisotopic (exact) mass is 460 g/mol. The summed E-state index contributed by atoms with van der Waals surface area (Å²) < 4.78 is 0. The molecule has 5 rings (SSSR count). The van der Waals surface area contributed by atoms with Gasteiger partial charge in [-0.05, 0) is 110 Å². The summed E-state index contributed by atoms with van der Waals surface area (Å²) in [7, 11) is 0. The van der Waals surface area contributed by atoms with Gasteiger partial charge < -0.3 is 10.2 Å². The Morgan fingerprint density at radius 3 is 1.35 bits per heavy atom. The Kier molecular flexibility index (Phi) is 6.96. The number of phenolic OH excluding ortho intramolecular Hbond substituents is 2. The molecule has 2 aromatic carbocycles. The van der Waals surface area contributed by atoms with Crippen LogP contribution in [0.1, 0.15) is 142 Å². The fourth-order valence-corrected chi connectivity index (χ4v) is 7.77. The highest BCUT2D eigenvalue weighted by atomic mass is 16.3. The predicted octanol–water partition coefficient (Wildman–Crippen LogP) is 9.06. The first-order chi connectivity index (χ1) is 16.5. The summed E-state index contributed by atoms with van der Waals surface area (Å²) in [5, 5.41) is 22.0. The minimum atomic E-state index is -0.0132. The van der Waals surface area contributed by atoms with Crippen LogP contribution in [-0.2, 0) is 5.41 Å². The molecular weight excluding hydrogens is 416 g/mol. The molecule has 3 saturated carbocycles. The zero-order chi connectivity index (χ0) is 23.7. The van der Waals surface area contributed by atoms with Gasteiger partial charge in [-0.25, -0.2) is 0 Å². The Labute approximate surface area is 206 Å². The fraction of sp³-hybridized carbons (Fsp3) is 0.625. The summed E-state index contributed by atoms with van der Waals surface area (Å²) in [6, 6.07) is 8.96. The van der Waals surface area contributed by atoms with Crippen LogP contribution in [0.3, 0.4) is 0 Å². The van der Waals surface area contributed by atoms with Gasteiger partial charge in [-0.3, -0.25) is 0 Å². The summed E-state index contributed by atoms with van der Waals surface area (Å²) in [5.74, 6) is 1.99. The third-order valence-corrected chi connectivity index (χ3v) is 9.58. The largest absolute Gasteiger partial charge is 0.508 e. The fourth-order valence-electron chi connectivity index (χ4n) is 7.77. The highest BCUT2D eigenvalue weighted by molar-refractivity contribution is 5.55. The smallest absolute Gasteiger partial charge is 0.119 e. The van der Waals surface area contributed by atoms with Crippen molar-refractivity contribution in [2.45, 2.75) is 127 Å². The van der Waals surface area contributed by atoms with E-state index in [4.69, 9.17) is 0 Å². The molecule has 0 spiro atoms. The summed E-state index contributed by atoms with van der Waals surface area (Å²) in [6.45, 7) is 4.40. The molecule has 0 saturated heterocycles. The van der Waals surface area contributed by atoms with Gasteiger partial charge in [0.1, 0.15) is 11.5 Å². The molecular formula is C32H44O2. The van der Waals surface area contributed by atoms with Crippen LogP contribution < -0.4 is 0 Å². The number of hydrogen-bond donors (Lipinski definition) is 2. The van der Waals surface area contributed by atoms with Crippen molar-refractivity contribution in [3.63, 3.8) is 0 Å². The van der Waals surface area contributed by atoms with E-state index in [1.165, 1.54) is 130 Å². The average Bonchev–Trinajstić information content (AvgIpc) is 2.85. The molecule has 2 heteroatoms. The Balaban J connectivity index is 1.64. The van der Waals surface area contributed by atoms with E-state index in [0.717, 1.165) is 0 Å². The Hall–Kier alpha value is -1.96. The van der Waals surface area contributed by atoms with Gasteiger partial charge in [0.2, 0.25) is 0 Å². The number of phenols is 2. The van der Waals surface area contributed by atoms with Crippen molar-refractivity contribution >= 4 is 0 Å². The number of aromatic hydroxyl groups is 2. The first-order valence-corrected chi connectivity index (χ1v) is 14.2. The Bertz CT molecular complexity index is 927. The van der Waals surface area contributed by atoms with Gasteiger partial charge in [0, 0.05) is 5.41 Å². The van der Waals surface area contributed by atoms with Gasteiger partial charge in [0.15, 0.2) is 0 Å². The van der Waals surface area contributed by atoms with Crippen LogP contribution in [0, 0.1) is 13.8 Å². The molecule has 3 fully saturated rings. The van der Waals surface area contributed by atoms with E-state index in [9.17, 15) is 10.2 Å². The summed E-state index contributed by atoms with van der Waals surface area (Å²) in [5.41, 5.74) is 7.70. The second-order valence-electron chi connectivity index (χ2n) is 11.8. The topological polar surface area (TPSA) is 40.5 Å². The maximum absolute atomic E-state index is 11.0. The zero-order valence-electron chi connectivity index (χ0n) is 21.5. The molecule has 0 aliphatic heterocycles. The average molecular weight is 461 g/mol. The van der Waals surface area contributed by atoms with Crippen molar-refractivity contribution in [2.24, 2.45) is 0 Å². The molecule has 0 atom stereocenters. The van der Waals surface area contributed by atoms with Crippen molar-refractivity contribution in [3.8, 4) is 11.5 Å². The number of rotatable bonds is 4. The van der Waals surface area contributed by atoms with E-state index in [0.29, 0.717) is 23.3 Å². The molecule has 0 bridgehead atoms. The van der Waals surface area contributed by atoms with Crippen molar-refractivity contribution in [1.29, 1.82) is 0 Å². The van der Waals surface area contributed by atoms with Gasteiger partial charge in [-0.15, -0.1) is 0 Å². The Morgan fingerprint density at radius 2 is 0.941 bits per heavy atom. The van der Waals surface area contributed by atoms with Crippen LogP contribution in [-0.4, -0.2) is 10.2 Å². The minimum absolute atomic E-state index is 0.0132. The van der Waals surface area contributed by atoms with E-state index >= 15 is 0 Å². The molecule has 2 N–H and O–H groups in total. The second-order valence-corrected chi connectivity index (χ2v) is 11.8.